The Labute approximate surface area is 148 Å². The van der Waals surface area contributed by atoms with Crippen molar-refractivity contribution in [2.24, 2.45) is 0 Å². The summed E-state index contributed by atoms with van der Waals surface area (Å²) in [5.74, 6) is -0.340. The van der Waals surface area contributed by atoms with Gasteiger partial charge in [0.15, 0.2) is 0 Å². The molecule has 0 fully saturated rings. The molecule has 0 unspecified atom stereocenters. The van der Waals surface area contributed by atoms with Gasteiger partial charge in [-0.2, -0.15) is 8.78 Å². The van der Waals surface area contributed by atoms with Crippen molar-refractivity contribution in [1.29, 1.82) is 0 Å². The number of aromatic nitrogens is 2. The molecular formula is C19H17F2N3O2. The molecule has 0 saturated heterocycles. The highest BCUT2D eigenvalue weighted by Gasteiger charge is 2.08. The number of nitrogens with zero attached hydrogens (tertiary/aromatic N) is 2. The SMILES string of the molecule is Cc1cccn2cc(CNC(=O)C=Cc3ccccc3OC(F)F)nc12. The van der Waals surface area contributed by atoms with Crippen molar-refractivity contribution in [2.45, 2.75) is 20.1 Å². The van der Waals surface area contributed by atoms with E-state index in [1.54, 1.807) is 18.2 Å². The van der Waals surface area contributed by atoms with Crippen molar-refractivity contribution >= 4 is 17.6 Å². The van der Waals surface area contributed by atoms with Gasteiger partial charge in [-0.05, 0) is 30.7 Å². The Bertz CT molecular complexity index is 951. The van der Waals surface area contributed by atoms with E-state index < -0.39 is 6.61 Å². The summed E-state index contributed by atoms with van der Waals surface area (Å²) in [5, 5.41) is 2.72. The number of alkyl halides is 2. The van der Waals surface area contributed by atoms with Crippen LogP contribution < -0.4 is 10.1 Å². The summed E-state index contributed by atoms with van der Waals surface area (Å²) >= 11 is 0. The van der Waals surface area contributed by atoms with Crippen LogP contribution in [0.3, 0.4) is 0 Å². The van der Waals surface area contributed by atoms with Gasteiger partial charge in [0.05, 0.1) is 12.2 Å². The summed E-state index contributed by atoms with van der Waals surface area (Å²) < 4.78 is 31.1. The lowest BCUT2D eigenvalue weighted by atomic mass is 10.2. The summed E-state index contributed by atoms with van der Waals surface area (Å²) in [7, 11) is 0. The third-order valence-electron chi connectivity index (χ3n) is 3.72. The predicted octanol–water partition coefficient (Wildman–Crippen LogP) is 3.57. The second-order valence-electron chi connectivity index (χ2n) is 5.62. The van der Waals surface area contributed by atoms with Gasteiger partial charge in [-0.1, -0.05) is 24.3 Å². The predicted molar refractivity (Wildman–Crippen MR) is 93.9 cm³/mol. The molecule has 134 valence electrons. The maximum Gasteiger partial charge on any atom is 0.387 e. The molecule has 1 amide bonds. The van der Waals surface area contributed by atoms with Crippen LogP contribution in [0.1, 0.15) is 16.8 Å². The van der Waals surface area contributed by atoms with Crippen molar-refractivity contribution in [1.82, 2.24) is 14.7 Å². The van der Waals surface area contributed by atoms with Gasteiger partial charge >= 0.3 is 6.61 Å². The standard InChI is InChI=1S/C19H17F2N3O2/c1-13-5-4-10-24-12-15(23-18(13)24)11-22-17(25)9-8-14-6-2-3-7-16(14)26-19(20)21/h2-10,12,19H,11H2,1H3,(H,22,25). The fourth-order valence-electron chi connectivity index (χ4n) is 2.51. The minimum Gasteiger partial charge on any atom is -0.434 e. The number of rotatable bonds is 6. The van der Waals surface area contributed by atoms with E-state index in [4.69, 9.17) is 0 Å². The monoisotopic (exact) mass is 357 g/mol. The summed E-state index contributed by atoms with van der Waals surface area (Å²) in [6.07, 6.45) is 6.44. The van der Waals surface area contributed by atoms with Gasteiger partial charge in [-0.15, -0.1) is 0 Å². The molecule has 3 rings (SSSR count). The molecule has 0 spiro atoms. The van der Waals surface area contributed by atoms with Crippen molar-refractivity contribution in [3.63, 3.8) is 0 Å². The molecule has 1 N–H and O–H groups in total. The Morgan fingerprint density at radius 1 is 1.31 bits per heavy atom. The molecule has 0 aliphatic rings. The highest BCUT2D eigenvalue weighted by atomic mass is 19.3. The first-order valence-corrected chi connectivity index (χ1v) is 7.96. The van der Waals surface area contributed by atoms with Crippen LogP contribution in [0.15, 0.2) is 54.9 Å². The normalized spacial score (nSPS) is 11.4. The van der Waals surface area contributed by atoms with Crippen molar-refractivity contribution < 1.29 is 18.3 Å². The lowest BCUT2D eigenvalue weighted by molar-refractivity contribution is -0.116. The number of fused-ring (bicyclic) bond motifs is 1. The second-order valence-corrected chi connectivity index (χ2v) is 5.62. The third kappa shape index (κ3) is 4.24. The summed E-state index contributed by atoms with van der Waals surface area (Å²) in [5.41, 5.74) is 3.00. The number of benzene rings is 1. The number of amides is 1. The van der Waals surface area contributed by atoms with Crippen LogP contribution in [-0.4, -0.2) is 21.9 Å². The molecule has 26 heavy (non-hydrogen) atoms. The van der Waals surface area contributed by atoms with Gasteiger partial charge in [0.25, 0.3) is 0 Å². The molecule has 0 bridgehead atoms. The lowest BCUT2D eigenvalue weighted by Crippen LogP contribution is -2.20. The molecule has 3 aromatic rings. The zero-order chi connectivity index (χ0) is 18.5. The molecule has 1 aromatic carbocycles. The first kappa shape index (κ1) is 17.6. The molecule has 2 heterocycles. The molecule has 5 nitrogen and oxygen atoms in total. The maximum absolute atomic E-state index is 12.4. The fourth-order valence-corrected chi connectivity index (χ4v) is 2.51. The van der Waals surface area contributed by atoms with Gasteiger partial charge in [0.1, 0.15) is 11.4 Å². The second kappa shape index (κ2) is 7.77. The van der Waals surface area contributed by atoms with E-state index in [1.165, 1.54) is 18.2 Å². The average molecular weight is 357 g/mol. The molecule has 0 atom stereocenters. The van der Waals surface area contributed by atoms with Crippen molar-refractivity contribution in [2.75, 3.05) is 0 Å². The maximum atomic E-state index is 12.4. The van der Waals surface area contributed by atoms with E-state index in [2.05, 4.69) is 15.0 Å². The molecule has 0 aliphatic heterocycles. The number of nitrogens with one attached hydrogen (secondary N) is 1. The first-order chi connectivity index (χ1) is 12.5. The Balaban J connectivity index is 1.63. The fraction of sp³-hybridized carbons (Fsp3) is 0.158. The molecule has 7 heteroatoms. The number of para-hydroxylation sites is 1. The van der Waals surface area contributed by atoms with Crippen LogP contribution in [-0.2, 0) is 11.3 Å². The molecule has 0 radical (unpaired) electrons. The zero-order valence-corrected chi connectivity index (χ0v) is 14.0. The summed E-state index contributed by atoms with van der Waals surface area (Å²) in [6.45, 7) is -0.692. The van der Waals surface area contributed by atoms with E-state index in [0.717, 1.165) is 16.9 Å². The van der Waals surface area contributed by atoms with E-state index in [-0.39, 0.29) is 18.2 Å². The Morgan fingerprint density at radius 3 is 2.88 bits per heavy atom. The summed E-state index contributed by atoms with van der Waals surface area (Å²) in [6, 6.07) is 10.2. The van der Waals surface area contributed by atoms with Gasteiger partial charge in [-0.3, -0.25) is 4.79 Å². The Hall–Kier alpha value is -3.22. The lowest BCUT2D eigenvalue weighted by Gasteiger charge is -2.07. The number of pyridine rings is 1. The van der Waals surface area contributed by atoms with Gasteiger partial charge in [-0.25, -0.2) is 4.98 Å². The van der Waals surface area contributed by atoms with Crippen LogP contribution in [0.5, 0.6) is 5.75 Å². The molecular weight excluding hydrogens is 340 g/mol. The summed E-state index contributed by atoms with van der Waals surface area (Å²) in [4.78, 5) is 16.5. The largest absolute Gasteiger partial charge is 0.434 e. The van der Waals surface area contributed by atoms with Gasteiger partial charge < -0.3 is 14.5 Å². The van der Waals surface area contributed by atoms with Crippen LogP contribution in [0, 0.1) is 6.92 Å². The van der Waals surface area contributed by atoms with Gasteiger partial charge in [0.2, 0.25) is 5.91 Å². The number of hydrogen-bond acceptors (Lipinski definition) is 3. The van der Waals surface area contributed by atoms with Crippen molar-refractivity contribution in [3.05, 3.63) is 71.7 Å². The number of hydrogen-bond donors (Lipinski definition) is 1. The number of carbonyl (C=O) groups excluding carboxylic acids is 1. The van der Waals surface area contributed by atoms with Crippen LogP contribution in [0.4, 0.5) is 8.78 Å². The molecule has 0 aliphatic carbocycles. The van der Waals surface area contributed by atoms with Gasteiger partial charge in [0, 0.05) is 24.0 Å². The number of imidazole rings is 1. The van der Waals surface area contributed by atoms with Crippen molar-refractivity contribution in [3.8, 4) is 5.75 Å². The van der Waals surface area contributed by atoms with E-state index in [0.29, 0.717) is 5.56 Å². The highest BCUT2D eigenvalue weighted by molar-refractivity contribution is 5.92. The Morgan fingerprint density at radius 2 is 2.12 bits per heavy atom. The number of ether oxygens (including phenoxy) is 1. The quantitative estimate of drug-likeness (QED) is 0.686. The smallest absolute Gasteiger partial charge is 0.387 e. The number of carbonyl (C=O) groups is 1. The highest BCUT2D eigenvalue weighted by Crippen LogP contribution is 2.21. The third-order valence-corrected chi connectivity index (χ3v) is 3.72. The van der Waals surface area contributed by atoms with E-state index in [9.17, 15) is 13.6 Å². The average Bonchev–Trinajstić information content (AvgIpc) is 3.03. The van der Waals surface area contributed by atoms with E-state index in [1.807, 2.05) is 35.9 Å². The van der Waals surface area contributed by atoms with E-state index >= 15 is 0 Å². The number of halogens is 2. The number of aryl methyl sites for hydroxylation is 1. The topological polar surface area (TPSA) is 55.6 Å². The minimum atomic E-state index is -2.92. The van der Waals surface area contributed by atoms with Crippen LogP contribution in [0.2, 0.25) is 0 Å². The zero-order valence-electron chi connectivity index (χ0n) is 14.0. The first-order valence-electron chi connectivity index (χ1n) is 7.96. The van der Waals surface area contributed by atoms with Crippen LogP contribution >= 0.6 is 0 Å². The van der Waals surface area contributed by atoms with Crippen LogP contribution in [0.25, 0.3) is 11.7 Å². The Kier molecular flexibility index (Phi) is 5.26. The molecule has 2 aromatic heterocycles. The molecule has 0 saturated carbocycles. The minimum absolute atomic E-state index is 0.0161.